The van der Waals surface area contributed by atoms with Gasteiger partial charge in [-0.3, -0.25) is 9.69 Å². The summed E-state index contributed by atoms with van der Waals surface area (Å²) in [7, 11) is -3.19. The molecule has 2 aliphatic rings. The highest BCUT2D eigenvalue weighted by molar-refractivity contribution is 7.89. The van der Waals surface area contributed by atoms with Gasteiger partial charge in [0.25, 0.3) is 0 Å². The molecule has 0 amide bonds. The number of hydrogen-bond acceptors (Lipinski definition) is 6. The van der Waals surface area contributed by atoms with Gasteiger partial charge in [-0.25, -0.2) is 12.7 Å². The molecule has 0 unspecified atom stereocenters. The Kier molecular flexibility index (Phi) is 7.02. The van der Waals surface area contributed by atoms with Crippen LogP contribution in [0.2, 0.25) is 0 Å². The molecule has 3 heterocycles. The van der Waals surface area contributed by atoms with Crippen molar-refractivity contribution in [1.29, 1.82) is 0 Å². The number of piperidine rings is 1. The lowest BCUT2D eigenvalue weighted by Gasteiger charge is -2.31. The summed E-state index contributed by atoms with van der Waals surface area (Å²) in [6.45, 7) is 7.52. The quantitative estimate of drug-likeness (QED) is 0.602. The number of fused-ring (bicyclic) bond motifs is 1. The second kappa shape index (κ2) is 9.77. The van der Waals surface area contributed by atoms with E-state index in [-0.39, 0.29) is 28.8 Å². The molecule has 0 saturated carbocycles. The van der Waals surface area contributed by atoms with Crippen molar-refractivity contribution < 1.29 is 17.6 Å². The van der Waals surface area contributed by atoms with Crippen molar-refractivity contribution in [2.75, 3.05) is 25.4 Å². The van der Waals surface area contributed by atoms with Crippen LogP contribution in [0.5, 0.6) is 5.75 Å². The average Bonchev–Trinajstić information content (AvgIpc) is 3.15. The Balaban J connectivity index is 1.26. The average molecular weight is 461 g/mol. The van der Waals surface area contributed by atoms with E-state index in [9.17, 15) is 13.2 Å². The molecule has 7 nitrogen and oxygen atoms in total. The fourth-order valence-electron chi connectivity index (χ4n) is 4.45. The molecule has 1 aromatic heterocycles. The van der Waals surface area contributed by atoms with Crippen LogP contribution in [0, 0.1) is 11.8 Å². The first kappa shape index (κ1) is 23.0. The van der Waals surface area contributed by atoms with Gasteiger partial charge in [-0.2, -0.15) is 0 Å². The number of hydrogen-bond donors (Lipinski definition) is 0. The predicted octanol–water partition coefficient (Wildman–Crippen LogP) is 3.23. The van der Waals surface area contributed by atoms with Crippen molar-refractivity contribution in [3.63, 3.8) is 0 Å². The normalized spacial score (nSPS) is 18.2. The van der Waals surface area contributed by atoms with E-state index in [1.807, 2.05) is 26.0 Å². The molecule has 0 spiro atoms. The highest BCUT2D eigenvalue weighted by atomic mass is 32.2. The minimum absolute atomic E-state index is 0.115. The molecule has 2 aromatic rings. The van der Waals surface area contributed by atoms with E-state index in [4.69, 9.17) is 9.15 Å². The minimum atomic E-state index is -3.19. The van der Waals surface area contributed by atoms with Gasteiger partial charge in [0.1, 0.15) is 12.0 Å². The van der Waals surface area contributed by atoms with Gasteiger partial charge < -0.3 is 9.15 Å². The molecule has 0 N–H and O–H groups in total. The molecule has 174 valence electrons. The molecule has 1 fully saturated rings. The van der Waals surface area contributed by atoms with Gasteiger partial charge in [0.05, 0.1) is 18.9 Å². The minimum Gasteiger partial charge on any atom is -0.486 e. The zero-order valence-corrected chi connectivity index (χ0v) is 19.6. The van der Waals surface area contributed by atoms with Gasteiger partial charge in [-0.1, -0.05) is 38.1 Å². The fraction of sp³-hybridized carbons (Fsp3) is 0.542. The third kappa shape index (κ3) is 5.60. The number of ether oxygens (including phenoxy) is 1. The maximum atomic E-state index is 12.5. The van der Waals surface area contributed by atoms with Crippen LogP contribution in [0.4, 0.5) is 0 Å². The molecular formula is C24H32N2O5S. The number of rotatable bonds is 8. The van der Waals surface area contributed by atoms with Crippen molar-refractivity contribution in [3.8, 4) is 5.75 Å². The van der Waals surface area contributed by atoms with Crippen LogP contribution in [0.1, 0.15) is 43.6 Å². The Morgan fingerprint density at radius 2 is 1.78 bits per heavy atom. The fourth-order valence-corrected chi connectivity index (χ4v) is 6.27. The third-order valence-corrected chi connectivity index (χ3v) is 8.36. The van der Waals surface area contributed by atoms with E-state index in [0.717, 1.165) is 25.9 Å². The lowest BCUT2D eigenvalue weighted by Crippen LogP contribution is -2.41. The van der Waals surface area contributed by atoms with Crippen molar-refractivity contribution in [3.05, 3.63) is 63.7 Å². The molecule has 8 heteroatoms. The summed E-state index contributed by atoms with van der Waals surface area (Å²) >= 11 is 0. The van der Waals surface area contributed by atoms with Crippen LogP contribution in [0.25, 0.3) is 0 Å². The van der Waals surface area contributed by atoms with Gasteiger partial charge >= 0.3 is 0 Å². The van der Waals surface area contributed by atoms with Crippen molar-refractivity contribution in [2.24, 2.45) is 11.8 Å². The Hall–Kier alpha value is -2.16. The number of nitrogens with zero attached hydrogens (tertiary/aromatic N) is 2. The van der Waals surface area contributed by atoms with E-state index in [1.54, 1.807) is 4.31 Å². The maximum absolute atomic E-state index is 12.5. The smallest absolute Gasteiger partial charge is 0.227 e. The summed E-state index contributed by atoms with van der Waals surface area (Å²) in [5.41, 5.74) is 2.45. The molecule has 0 bridgehead atoms. The summed E-state index contributed by atoms with van der Waals surface area (Å²) in [6.07, 6.45) is 2.87. The maximum Gasteiger partial charge on any atom is 0.227 e. The molecule has 1 saturated heterocycles. The highest BCUT2D eigenvalue weighted by Crippen LogP contribution is 2.24. The van der Waals surface area contributed by atoms with E-state index >= 15 is 0 Å². The lowest BCUT2D eigenvalue weighted by atomic mass is 9.99. The molecule has 0 aliphatic carbocycles. The summed E-state index contributed by atoms with van der Waals surface area (Å²) in [5.74, 6) is 1.37. The second-order valence-corrected chi connectivity index (χ2v) is 11.3. The highest BCUT2D eigenvalue weighted by Gasteiger charge is 2.29. The van der Waals surface area contributed by atoms with Gasteiger partial charge in [-0.05, 0) is 35.8 Å². The first-order valence-corrected chi connectivity index (χ1v) is 12.9. The predicted molar refractivity (Wildman–Crippen MR) is 123 cm³/mol. The van der Waals surface area contributed by atoms with E-state index < -0.39 is 10.0 Å². The van der Waals surface area contributed by atoms with Crippen molar-refractivity contribution in [2.45, 2.75) is 46.3 Å². The molecular weight excluding hydrogens is 428 g/mol. The first-order valence-electron chi connectivity index (χ1n) is 11.3. The lowest BCUT2D eigenvalue weighted by molar-refractivity contribution is 0.180. The standard InChI is InChI=1S/C24H32N2O5S/c1-18(2)17-32(28,29)26-9-7-19(8-10-26)15-31-24-16-30-22(11-23(24)27)14-25-12-20-5-3-4-6-21(20)13-25/h3-6,11,16,18-19H,7-10,12-15,17H2,1-2H3. The van der Waals surface area contributed by atoms with Crippen LogP contribution < -0.4 is 10.2 Å². The first-order chi connectivity index (χ1) is 15.3. The van der Waals surface area contributed by atoms with Crippen molar-refractivity contribution >= 4 is 10.0 Å². The Morgan fingerprint density at radius 3 is 2.38 bits per heavy atom. The monoisotopic (exact) mass is 460 g/mol. The Labute approximate surface area is 190 Å². The third-order valence-electron chi connectivity index (χ3n) is 6.12. The SMILES string of the molecule is CC(C)CS(=O)(=O)N1CCC(COc2coc(CN3Cc4ccccc4C3)cc2=O)CC1. The molecule has 1 aromatic carbocycles. The molecule has 0 radical (unpaired) electrons. The van der Waals surface area contributed by atoms with Gasteiger partial charge in [-0.15, -0.1) is 0 Å². The summed E-state index contributed by atoms with van der Waals surface area (Å²) < 4.78 is 37.8. The molecule has 4 rings (SSSR count). The Morgan fingerprint density at radius 1 is 1.12 bits per heavy atom. The van der Waals surface area contributed by atoms with Gasteiger partial charge in [0, 0.05) is 32.2 Å². The Bertz CT molecular complexity index is 1060. The van der Waals surface area contributed by atoms with E-state index in [2.05, 4.69) is 17.0 Å². The van der Waals surface area contributed by atoms with E-state index in [1.165, 1.54) is 23.5 Å². The van der Waals surface area contributed by atoms with Crippen LogP contribution >= 0.6 is 0 Å². The topological polar surface area (TPSA) is 80.1 Å². The van der Waals surface area contributed by atoms with Gasteiger partial charge in [0.2, 0.25) is 21.2 Å². The molecule has 32 heavy (non-hydrogen) atoms. The van der Waals surface area contributed by atoms with Crippen LogP contribution in [-0.2, 0) is 29.7 Å². The molecule has 2 aliphatic heterocycles. The summed E-state index contributed by atoms with van der Waals surface area (Å²) in [5, 5.41) is 0. The summed E-state index contributed by atoms with van der Waals surface area (Å²) in [4.78, 5) is 14.7. The van der Waals surface area contributed by atoms with Crippen LogP contribution in [-0.4, -0.2) is 43.1 Å². The van der Waals surface area contributed by atoms with Gasteiger partial charge in [0.15, 0.2) is 0 Å². The second-order valence-electron chi connectivity index (χ2n) is 9.31. The number of sulfonamides is 1. The molecule has 0 atom stereocenters. The zero-order valence-electron chi connectivity index (χ0n) is 18.8. The number of benzene rings is 1. The largest absolute Gasteiger partial charge is 0.486 e. The van der Waals surface area contributed by atoms with E-state index in [0.29, 0.717) is 32.0 Å². The van der Waals surface area contributed by atoms with Crippen LogP contribution in [0.3, 0.4) is 0 Å². The zero-order chi connectivity index (χ0) is 22.7. The summed E-state index contributed by atoms with van der Waals surface area (Å²) in [6, 6.07) is 9.87. The van der Waals surface area contributed by atoms with Crippen LogP contribution in [0.15, 0.2) is 45.8 Å². The van der Waals surface area contributed by atoms with Crippen molar-refractivity contribution in [1.82, 2.24) is 9.21 Å².